The summed E-state index contributed by atoms with van der Waals surface area (Å²) >= 11 is 1.66. The first-order chi connectivity index (χ1) is 16.5. The normalized spacial score (nSPS) is 23.2. The Morgan fingerprint density at radius 2 is 1.71 bits per heavy atom. The lowest BCUT2D eigenvalue weighted by Gasteiger charge is -2.34. The molecule has 0 saturated carbocycles. The van der Waals surface area contributed by atoms with Crippen LogP contribution in [0.4, 0.5) is 0 Å². The SMILES string of the molecule is C[C@H]1CCCN1[C@@H](C)COc1ccc([C@@H]2Oc3ccc(O)cc3S[C@@H]2c2ccc(O)cc2)cc1. The summed E-state index contributed by atoms with van der Waals surface area (Å²) in [6, 6.07) is 21.7. The Morgan fingerprint density at radius 3 is 2.41 bits per heavy atom. The number of benzene rings is 3. The Hall–Kier alpha value is -2.83. The van der Waals surface area contributed by atoms with E-state index in [1.807, 2.05) is 30.3 Å². The number of phenolic OH excluding ortho intramolecular Hbond substituents is 2. The first kappa shape index (κ1) is 22.9. The zero-order valence-electron chi connectivity index (χ0n) is 19.6. The van der Waals surface area contributed by atoms with Gasteiger partial charge in [0.2, 0.25) is 0 Å². The van der Waals surface area contributed by atoms with Crippen molar-refractivity contribution in [3.8, 4) is 23.0 Å². The van der Waals surface area contributed by atoms with Gasteiger partial charge in [-0.2, -0.15) is 0 Å². The molecule has 3 aromatic carbocycles. The Morgan fingerprint density at radius 1 is 1.00 bits per heavy atom. The van der Waals surface area contributed by atoms with E-state index in [1.165, 1.54) is 12.8 Å². The molecule has 3 aromatic rings. The molecule has 0 aromatic heterocycles. The van der Waals surface area contributed by atoms with Crippen molar-refractivity contribution in [3.63, 3.8) is 0 Å². The molecule has 5 rings (SSSR count). The molecule has 5 nitrogen and oxygen atoms in total. The van der Waals surface area contributed by atoms with Gasteiger partial charge in [-0.15, -0.1) is 11.8 Å². The maximum absolute atomic E-state index is 9.95. The third-order valence-electron chi connectivity index (χ3n) is 6.80. The molecule has 2 heterocycles. The van der Waals surface area contributed by atoms with Crippen molar-refractivity contribution in [3.05, 3.63) is 77.9 Å². The number of nitrogens with zero attached hydrogens (tertiary/aromatic N) is 1. The highest BCUT2D eigenvalue weighted by Gasteiger charge is 2.34. The zero-order chi connectivity index (χ0) is 23.7. The number of hydrogen-bond acceptors (Lipinski definition) is 6. The molecule has 0 unspecified atom stereocenters. The Kier molecular flexibility index (Phi) is 6.61. The standard InChI is InChI=1S/C28H31NO4S/c1-18-4-3-15-29(18)19(2)17-32-24-12-7-20(8-13-24)27-28(21-5-9-22(30)10-6-21)34-26-16-23(31)11-14-25(26)33-27/h5-14,16,18-19,27-28,30-31H,3-4,15,17H2,1-2H3/t18-,19-,27-,28+/m0/s1. The molecule has 2 aliphatic heterocycles. The van der Waals surface area contributed by atoms with Gasteiger partial charge in [0, 0.05) is 12.1 Å². The van der Waals surface area contributed by atoms with Gasteiger partial charge >= 0.3 is 0 Å². The van der Waals surface area contributed by atoms with E-state index < -0.39 is 0 Å². The Balaban J connectivity index is 1.34. The van der Waals surface area contributed by atoms with E-state index in [1.54, 1.807) is 36.0 Å². The van der Waals surface area contributed by atoms with Crippen molar-refractivity contribution < 1.29 is 19.7 Å². The average molecular weight is 478 g/mol. The molecular formula is C28H31NO4S. The van der Waals surface area contributed by atoms with E-state index >= 15 is 0 Å². The third kappa shape index (κ3) is 4.84. The quantitative estimate of drug-likeness (QED) is 0.433. The highest BCUT2D eigenvalue weighted by molar-refractivity contribution is 7.99. The number of thioether (sulfide) groups is 1. The predicted octanol–water partition coefficient (Wildman–Crippen LogP) is 6.32. The lowest BCUT2D eigenvalue weighted by molar-refractivity contribution is 0.141. The number of rotatable bonds is 6. The highest BCUT2D eigenvalue weighted by Crippen LogP contribution is 2.54. The first-order valence-electron chi connectivity index (χ1n) is 11.9. The highest BCUT2D eigenvalue weighted by atomic mass is 32.2. The summed E-state index contributed by atoms with van der Waals surface area (Å²) in [6.45, 7) is 6.36. The molecule has 0 aliphatic carbocycles. The molecule has 2 aliphatic rings. The molecule has 4 atom stereocenters. The Labute approximate surface area is 205 Å². The maximum atomic E-state index is 9.95. The summed E-state index contributed by atoms with van der Waals surface area (Å²) in [5, 5.41) is 19.7. The van der Waals surface area contributed by atoms with Crippen LogP contribution in [-0.2, 0) is 0 Å². The van der Waals surface area contributed by atoms with E-state index in [2.05, 4.69) is 30.9 Å². The van der Waals surface area contributed by atoms with Crippen LogP contribution >= 0.6 is 11.8 Å². The summed E-state index contributed by atoms with van der Waals surface area (Å²) < 4.78 is 12.6. The molecule has 1 fully saturated rings. The van der Waals surface area contributed by atoms with Crippen LogP contribution < -0.4 is 9.47 Å². The lowest BCUT2D eigenvalue weighted by Crippen LogP contribution is -2.39. The van der Waals surface area contributed by atoms with Crippen molar-refractivity contribution in [2.24, 2.45) is 0 Å². The minimum Gasteiger partial charge on any atom is -0.508 e. The van der Waals surface area contributed by atoms with E-state index in [-0.39, 0.29) is 22.9 Å². The van der Waals surface area contributed by atoms with E-state index in [0.717, 1.165) is 34.1 Å². The van der Waals surface area contributed by atoms with Crippen LogP contribution in [0.5, 0.6) is 23.0 Å². The smallest absolute Gasteiger partial charge is 0.140 e. The number of fused-ring (bicyclic) bond motifs is 1. The summed E-state index contributed by atoms with van der Waals surface area (Å²) in [7, 11) is 0. The molecule has 0 radical (unpaired) electrons. The zero-order valence-corrected chi connectivity index (χ0v) is 20.4. The van der Waals surface area contributed by atoms with Crippen molar-refractivity contribution in [2.45, 2.75) is 55.0 Å². The molecule has 0 amide bonds. The summed E-state index contributed by atoms with van der Waals surface area (Å²) in [5.41, 5.74) is 2.11. The molecule has 0 bridgehead atoms. The van der Waals surface area contributed by atoms with Crippen molar-refractivity contribution in [2.75, 3.05) is 13.2 Å². The molecule has 6 heteroatoms. The number of ether oxygens (including phenoxy) is 2. The van der Waals surface area contributed by atoms with Crippen LogP contribution in [0.3, 0.4) is 0 Å². The lowest BCUT2D eigenvalue weighted by atomic mass is 10.00. The topological polar surface area (TPSA) is 62.2 Å². The fraction of sp³-hybridized carbons (Fsp3) is 0.357. The van der Waals surface area contributed by atoms with Crippen molar-refractivity contribution in [1.82, 2.24) is 4.90 Å². The van der Waals surface area contributed by atoms with Gasteiger partial charge < -0.3 is 19.7 Å². The summed E-state index contributed by atoms with van der Waals surface area (Å²) in [4.78, 5) is 3.43. The van der Waals surface area contributed by atoms with Gasteiger partial charge in [0.25, 0.3) is 0 Å². The second-order valence-electron chi connectivity index (χ2n) is 9.26. The third-order valence-corrected chi connectivity index (χ3v) is 8.15. The van der Waals surface area contributed by atoms with Crippen LogP contribution in [0.25, 0.3) is 0 Å². The predicted molar refractivity (Wildman–Crippen MR) is 135 cm³/mol. The van der Waals surface area contributed by atoms with E-state index in [4.69, 9.17) is 9.47 Å². The maximum Gasteiger partial charge on any atom is 0.140 e. The van der Waals surface area contributed by atoms with Gasteiger partial charge in [-0.1, -0.05) is 24.3 Å². The number of phenols is 2. The monoisotopic (exact) mass is 477 g/mol. The number of hydrogen-bond donors (Lipinski definition) is 2. The number of likely N-dealkylation sites (tertiary alicyclic amines) is 1. The molecule has 2 N–H and O–H groups in total. The van der Waals surface area contributed by atoms with Crippen LogP contribution in [-0.4, -0.2) is 40.3 Å². The summed E-state index contributed by atoms with van der Waals surface area (Å²) in [6.07, 6.45) is 2.32. The average Bonchev–Trinajstić information content (AvgIpc) is 3.28. The first-order valence-corrected chi connectivity index (χ1v) is 12.8. The minimum absolute atomic E-state index is 0.0293. The van der Waals surface area contributed by atoms with Crippen molar-refractivity contribution >= 4 is 11.8 Å². The van der Waals surface area contributed by atoms with Gasteiger partial charge in [0.15, 0.2) is 0 Å². The van der Waals surface area contributed by atoms with Crippen LogP contribution in [0.1, 0.15) is 49.2 Å². The largest absolute Gasteiger partial charge is 0.508 e. The van der Waals surface area contributed by atoms with Gasteiger partial charge in [-0.25, -0.2) is 0 Å². The van der Waals surface area contributed by atoms with Gasteiger partial charge in [0.05, 0.1) is 10.1 Å². The van der Waals surface area contributed by atoms with Crippen molar-refractivity contribution in [1.29, 1.82) is 0 Å². The minimum atomic E-state index is -0.218. The Bertz CT molecular complexity index is 1120. The van der Waals surface area contributed by atoms with Crippen LogP contribution in [0, 0.1) is 0 Å². The summed E-state index contributed by atoms with van der Waals surface area (Å²) in [5.74, 6) is 2.07. The molecule has 34 heavy (non-hydrogen) atoms. The molecule has 178 valence electrons. The molecule has 0 spiro atoms. The number of aromatic hydroxyl groups is 2. The second-order valence-corrected chi connectivity index (χ2v) is 10.4. The van der Waals surface area contributed by atoms with Gasteiger partial charge in [-0.3, -0.25) is 4.90 Å². The fourth-order valence-corrected chi connectivity index (χ4v) is 6.23. The molecular weight excluding hydrogens is 446 g/mol. The van der Waals surface area contributed by atoms with E-state index in [0.29, 0.717) is 18.7 Å². The molecule has 1 saturated heterocycles. The van der Waals surface area contributed by atoms with Gasteiger partial charge in [0.1, 0.15) is 35.7 Å². The second kappa shape index (κ2) is 9.80. The van der Waals surface area contributed by atoms with Gasteiger partial charge in [-0.05, 0) is 86.8 Å². The van der Waals surface area contributed by atoms with Crippen LogP contribution in [0.2, 0.25) is 0 Å². The van der Waals surface area contributed by atoms with E-state index in [9.17, 15) is 10.2 Å². The van der Waals surface area contributed by atoms with Crippen LogP contribution in [0.15, 0.2) is 71.6 Å². The fourth-order valence-electron chi connectivity index (χ4n) is 4.91.